The molecule has 2 rings (SSSR count). The van der Waals surface area contributed by atoms with Crippen molar-refractivity contribution >= 4 is 28.9 Å². The normalized spacial score (nSPS) is 30.2. The van der Waals surface area contributed by atoms with Crippen molar-refractivity contribution in [1.29, 1.82) is 0 Å². The number of halogens is 1. The van der Waals surface area contributed by atoms with Gasteiger partial charge in [-0.05, 0) is 38.5 Å². The predicted octanol–water partition coefficient (Wildman–Crippen LogP) is 3.35. The van der Waals surface area contributed by atoms with Crippen molar-refractivity contribution in [2.24, 2.45) is 11.3 Å². The van der Waals surface area contributed by atoms with E-state index in [1.807, 2.05) is 27.9 Å². The number of morpholine rings is 1. The van der Waals surface area contributed by atoms with E-state index in [0.717, 1.165) is 38.8 Å². The Balaban J connectivity index is 1.95. The lowest BCUT2D eigenvalue weighted by atomic mass is 9.67. The molecule has 1 amide bonds. The Labute approximate surface area is 141 Å². The number of carbonyl (C=O) groups excluding carboxylic acids is 1. The third kappa shape index (κ3) is 4.66. The standard InChI is InChI=1S/C16H26INO3/c1-13(2)14-3-5-16(6-4-14,12-21-17)11-15(19)18-7-9-20-10-8-18/h14H,1,3-12H2,2H3/t14-,16+. The second-order valence-corrected chi connectivity index (χ2v) is 7.17. The molecule has 0 aromatic carbocycles. The first-order valence-electron chi connectivity index (χ1n) is 7.81. The molecule has 0 radical (unpaired) electrons. The fraction of sp³-hybridized carbons (Fsp3) is 0.812. The van der Waals surface area contributed by atoms with E-state index in [2.05, 4.69) is 13.5 Å². The summed E-state index contributed by atoms with van der Waals surface area (Å²) in [6.45, 7) is 9.67. The average molecular weight is 407 g/mol. The average Bonchev–Trinajstić information content (AvgIpc) is 2.49. The Morgan fingerprint density at radius 3 is 2.52 bits per heavy atom. The Kier molecular flexibility index (Phi) is 6.50. The lowest BCUT2D eigenvalue weighted by Gasteiger charge is -2.40. The van der Waals surface area contributed by atoms with Gasteiger partial charge < -0.3 is 12.7 Å². The van der Waals surface area contributed by atoms with Gasteiger partial charge in [0.25, 0.3) is 0 Å². The minimum absolute atomic E-state index is 0.0164. The van der Waals surface area contributed by atoms with Crippen LogP contribution in [0.25, 0.3) is 0 Å². The van der Waals surface area contributed by atoms with Crippen LogP contribution in [0.4, 0.5) is 0 Å². The molecule has 4 nitrogen and oxygen atoms in total. The molecule has 2 fully saturated rings. The summed E-state index contributed by atoms with van der Waals surface area (Å²) in [6, 6.07) is 0. The topological polar surface area (TPSA) is 38.8 Å². The van der Waals surface area contributed by atoms with Crippen molar-refractivity contribution in [1.82, 2.24) is 4.90 Å². The molecule has 0 aromatic rings. The van der Waals surface area contributed by atoms with Gasteiger partial charge in [-0.2, -0.15) is 0 Å². The summed E-state index contributed by atoms with van der Waals surface area (Å²) in [5, 5.41) is 0. The molecule has 2 aliphatic rings. The molecule has 0 unspecified atom stereocenters. The minimum atomic E-state index is 0.0164. The van der Waals surface area contributed by atoms with Crippen LogP contribution in [0.3, 0.4) is 0 Å². The van der Waals surface area contributed by atoms with Gasteiger partial charge >= 0.3 is 0 Å². The van der Waals surface area contributed by atoms with Gasteiger partial charge in [-0.15, -0.1) is 0 Å². The predicted molar refractivity (Wildman–Crippen MR) is 91.2 cm³/mol. The van der Waals surface area contributed by atoms with E-state index in [1.165, 1.54) is 5.57 Å². The van der Waals surface area contributed by atoms with Crippen LogP contribution in [0.5, 0.6) is 0 Å². The van der Waals surface area contributed by atoms with Crippen molar-refractivity contribution in [2.75, 3.05) is 32.9 Å². The van der Waals surface area contributed by atoms with Crippen LogP contribution in [-0.4, -0.2) is 43.7 Å². The van der Waals surface area contributed by atoms with Crippen molar-refractivity contribution in [3.63, 3.8) is 0 Å². The van der Waals surface area contributed by atoms with Gasteiger partial charge in [-0.25, -0.2) is 0 Å². The number of rotatable bonds is 5. The fourth-order valence-electron chi connectivity index (χ4n) is 3.46. The van der Waals surface area contributed by atoms with Gasteiger partial charge in [0.15, 0.2) is 0 Å². The van der Waals surface area contributed by atoms with Gasteiger partial charge in [0.1, 0.15) is 23.0 Å². The van der Waals surface area contributed by atoms with Crippen LogP contribution in [0, 0.1) is 11.3 Å². The zero-order chi connectivity index (χ0) is 15.3. The van der Waals surface area contributed by atoms with E-state index in [0.29, 0.717) is 32.2 Å². The molecule has 120 valence electrons. The maximum absolute atomic E-state index is 12.6. The summed E-state index contributed by atoms with van der Waals surface area (Å²) in [7, 11) is 0. The number of hydrogen-bond acceptors (Lipinski definition) is 3. The van der Waals surface area contributed by atoms with Crippen molar-refractivity contribution in [3.05, 3.63) is 12.2 Å². The van der Waals surface area contributed by atoms with Crippen molar-refractivity contribution in [3.8, 4) is 0 Å². The van der Waals surface area contributed by atoms with Crippen molar-refractivity contribution in [2.45, 2.75) is 39.0 Å². The molecular weight excluding hydrogens is 381 g/mol. The van der Waals surface area contributed by atoms with Crippen LogP contribution in [-0.2, 0) is 12.6 Å². The molecular formula is C16H26INO3. The summed E-state index contributed by atoms with van der Waals surface area (Å²) in [5.74, 6) is 0.881. The lowest BCUT2D eigenvalue weighted by molar-refractivity contribution is -0.139. The van der Waals surface area contributed by atoms with Gasteiger partial charge in [0.05, 0.1) is 19.8 Å². The molecule has 0 N–H and O–H groups in total. The monoisotopic (exact) mass is 407 g/mol. The summed E-state index contributed by atoms with van der Waals surface area (Å²) in [5.41, 5.74) is 1.29. The first-order valence-corrected chi connectivity index (χ1v) is 8.69. The fourth-order valence-corrected chi connectivity index (χ4v) is 4.12. The zero-order valence-corrected chi connectivity index (χ0v) is 15.1. The van der Waals surface area contributed by atoms with Crippen molar-refractivity contribution < 1.29 is 12.6 Å². The number of amides is 1. The van der Waals surface area contributed by atoms with Crippen LogP contribution in [0.1, 0.15) is 39.0 Å². The summed E-state index contributed by atoms with van der Waals surface area (Å²) in [6.07, 6.45) is 4.99. The van der Waals surface area contributed by atoms with E-state index in [1.54, 1.807) is 0 Å². The second kappa shape index (κ2) is 7.92. The molecule has 1 heterocycles. The maximum Gasteiger partial charge on any atom is 0.223 e. The third-order valence-corrected chi connectivity index (χ3v) is 5.31. The summed E-state index contributed by atoms with van der Waals surface area (Å²) in [4.78, 5) is 14.5. The number of nitrogens with zero attached hydrogens (tertiary/aromatic N) is 1. The summed E-state index contributed by atoms with van der Waals surface area (Å²) < 4.78 is 10.7. The van der Waals surface area contributed by atoms with E-state index in [4.69, 9.17) is 7.80 Å². The number of allylic oxidation sites excluding steroid dienone is 1. The highest BCUT2D eigenvalue weighted by atomic mass is 127. The zero-order valence-electron chi connectivity index (χ0n) is 12.9. The second-order valence-electron chi connectivity index (χ2n) is 6.54. The highest BCUT2D eigenvalue weighted by Gasteiger charge is 2.38. The quantitative estimate of drug-likeness (QED) is 0.518. The van der Waals surface area contributed by atoms with Gasteiger partial charge in [-0.3, -0.25) is 4.79 Å². The largest absolute Gasteiger partial charge is 0.378 e. The Morgan fingerprint density at radius 2 is 2.00 bits per heavy atom. The van der Waals surface area contributed by atoms with Gasteiger partial charge in [0, 0.05) is 24.9 Å². The molecule has 1 saturated carbocycles. The third-order valence-electron chi connectivity index (χ3n) is 4.99. The molecule has 1 aliphatic carbocycles. The Bertz CT molecular complexity index is 372. The maximum atomic E-state index is 12.6. The number of ether oxygens (including phenoxy) is 1. The molecule has 1 saturated heterocycles. The Hall–Kier alpha value is -0.140. The highest BCUT2D eigenvalue weighted by Crippen LogP contribution is 2.44. The minimum Gasteiger partial charge on any atom is -0.378 e. The molecule has 0 atom stereocenters. The van der Waals surface area contributed by atoms with Crippen LogP contribution in [0.15, 0.2) is 12.2 Å². The van der Waals surface area contributed by atoms with E-state index in [9.17, 15) is 4.79 Å². The van der Waals surface area contributed by atoms with E-state index in [-0.39, 0.29) is 11.3 Å². The molecule has 21 heavy (non-hydrogen) atoms. The first-order chi connectivity index (χ1) is 10.1. The first kappa shape index (κ1) is 17.2. The molecule has 1 aliphatic heterocycles. The van der Waals surface area contributed by atoms with E-state index >= 15 is 0 Å². The molecule has 0 bridgehead atoms. The Morgan fingerprint density at radius 1 is 1.38 bits per heavy atom. The molecule has 5 heteroatoms. The molecule has 0 spiro atoms. The van der Waals surface area contributed by atoms with Crippen LogP contribution in [0.2, 0.25) is 0 Å². The molecule has 0 aromatic heterocycles. The number of carbonyl (C=O) groups is 1. The van der Waals surface area contributed by atoms with E-state index < -0.39 is 0 Å². The van der Waals surface area contributed by atoms with Crippen LogP contribution >= 0.6 is 23.0 Å². The van der Waals surface area contributed by atoms with Gasteiger partial charge in [0.2, 0.25) is 5.91 Å². The van der Waals surface area contributed by atoms with Crippen LogP contribution < -0.4 is 0 Å². The smallest absolute Gasteiger partial charge is 0.223 e. The van der Waals surface area contributed by atoms with Gasteiger partial charge in [-0.1, -0.05) is 12.2 Å². The SMILES string of the molecule is C=C(C)[C@H]1CC[C@](COI)(CC(=O)N2CCOCC2)CC1. The highest BCUT2D eigenvalue weighted by molar-refractivity contribution is 14.1. The summed E-state index contributed by atoms with van der Waals surface area (Å²) >= 11 is 1.96. The lowest BCUT2D eigenvalue weighted by Crippen LogP contribution is -2.44. The number of hydrogen-bond donors (Lipinski definition) is 0.